The predicted molar refractivity (Wildman–Crippen MR) is 80.8 cm³/mol. The minimum atomic E-state index is -0.539. The van der Waals surface area contributed by atoms with Crippen molar-refractivity contribution in [3.8, 4) is 0 Å². The zero-order chi connectivity index (χ0) is 15.0. The quantitative estimate of drug-likeness (QED) is 0.751. The number of hydrogen-bond donors (Lipinski definition) is 3. The van der Waals surface area contributed by atoms with Crippen LogP contribution in [0.4, 0.5) is 0 Å². The first-order valence-corrected chi connectivity index (χ1v) is 7.26. The van der Waals surface area contributed by atoms with Crippen LogP contribution in [0.2, 0.25) is 0 Å². The molecule has 2 amide bonds. The van der Waals surface area contributed by atoms with Crippen LogP contribution in [0.1, 0.15) is 40.9 Å². The van der Waals surface area contributed by atoms with Crippen LogP contribution in [0, 0.1) is 5.92 Å². The third-order valence-corrected chi connectivity index (χ3v) is 4.08. The highest BCUT2D eigenvalue weighted by Gasteiger charge is 2.21. The van der Waals surface area contributed by atoms with Crippen molar-refractivity contribution < 1.29 is 9.59 Å². The first kappa shape index (κ1) is 13.7. The molecule has 5 heteroatoms. The van der Waals surface area contributed by atoms with Gasteiger partial charge in [0.2, 0.25) is 5.91 Å². The molecule has 0 atom stereocenters. The Morgan fingerprint density at radius 3 is 2.62 bits per heavy atom. The second kappa shape index (κ2) is 5.24. The van der Waals surface area contributed by atoms with Crippen molar-refractivity contribution in [3.05, 3.63) is 35.0 Å². The van der Waals surface area contributed by atoms with Crippen LogP contribution in [-0.4, -0.2) is 16.8 Å². The molecule has 21 heavy (non-hydrogen) atoms. The monoisotopic (exact) mass is 285 g/mol. The molecule has 1 heterocycles. The van der Waals surface area contributed by atoms with E-state index in [-0.39, 0.29) is 6.42 Å². The molecule has 1 saturated carbocycles. The van der Waals surface area contributed by atoms with Crippen LogP contribution in [0.5, 0.6) is 0 Å². The van der Waals surface area contributed by atoms with Crippen LogP contribution in [0.15, 0.2) is 18.2 Å². The van der Waals surface area contributed by atoms with Gasteiger partial charge in [0, 0.05) is 16.6 Å². The van der Waals surface area contributed by atoms with Crippen molar-refractivity contribution >= 4 is 22.7 Å². The fourth-order valence-corrected chi connectivity index (χ4v) is 2.82. The number of amides is 2. The van der Waals surface area contributed by atoms with Gasteiger partial charge in [0.1, 0.15) is 0 Å². The van der Waals surface area contributed by atoms with E-state index in [2.05, 4.69) is 4.98 Å². The van der Waals surface area contributed by atoms with Gasteiger partial charge in [-0.05, 0) is 30.4 Å². The van der Waals surface area contributed by atoms with Crippen LogP contribution in [-0.2, 0) is 17.6 Å². The average Bonchev–Trinajstić information content (AvgIpc) is 3.16. The van der Waals surface area contributed by atoms with E-state index in [1.54, 1.807) is 0 Å². The molecule has 0 saturated heterocycles. The molecular weight excluding hydrogens is 266 g/mol. The van der Waals surface area contributed by atoms with Crippen LogP contribution in [0.3, 0.4) is 0 Å². The number of aryl methyl sites for hydroxylation is 1. The smallest absolute Gasteiger partial charge is 0.251 e. The van der Waals surface area contributed by atoms with Gasteiger partial charge in [-0.1, -0.05) is 25.0 Å². The zero-order valence-electron chi connectivity index (χ0n) is 11.8. The van der Waals surface area contributed by atoms with Crippen molar-refractivity contribution in [2.45, 2.75) is 32.1 Å². The first-order valence-electron chi connectivity index (χ1n) is 7.26. The largest absolute Gasteiger partial charge is 0.369 e. The molecule has 1 aromatic carbocycles. The van der Waals surface area contributed by atoms with Gasteiger partial charge in [0.15, 0.2) is 0 Å². The third kappa shape index (κ3) is 2.91. The van der Waals surface area contributed by atoms with Crippen molar-refractivity contribution in [1.82, 2.24) is 4.98 Å². The zero-order valence-corrected chi connectivity index (χ0v) is 11.8. The Balaban J connectivity index is 1.96. The molecule has 0 spiro atoms. The number of aromatic amines is 1. The minimum absolute atomic E-state index is 0.00956. The minimum Gasteiger partial charge on any atom is -0.369 e. The maximum absolute atomic E-state index is 11.6. The van der Waals surface area contributed by atoms with Gasteiger partial charge < -0.3 is 16.5 Å². The summed E-state index contributed by atoms with van der Waals surface area (Å²) in [6.45, 7) is 0. The van der Waals surface area contributed by atoms with Crippen molar-refractivity contribution in [2.75, 3.05) is 0 Å². The lowest BCUT2D eigenvalue weighted by Crippen LogP contribution is -2.18. The number of aromatic nitrogens is 1. The lowest BCUT2D eigenvalue weighted by atomic mass is 10.0. The van der Waals surface area contributed by atoms with Crippen LogP contribution in [0.25, 0.3) is 10.9 Å². The Hall–Kier alpha value is -2.30. The molecule has 1 aliphatic rings. The molecule has 1 aliphatic carbocycles. The third-order valence-electron chi connectivity index (χ3n) is 4.08. The Labute approximate surface area is 122 Å². The van der Waals surface area contributed by atoms with Gasteiger partial charge in [-0.15, -0.1) is 0 Å². The van der Waals surface area contributed by atoms with Gasteiger partial charge in [-0.2, -0.15) is 0 Å². The number of nitrogens with one attached hydrogen (secondary N) is 1. The fourth-order valence-electron chi connectivity index (χ4n) is 2.82. The molecule has 0 radical (unpaired) electrons. The number of carbonyl (C=O) groups excluding carboxylic acids is 2. The summed E-state index contributed by atoms with van der Waals surface area (Å²) in [5.74, 6) is -0.141. The number of carbonyl (C=O) groups is 2. The Bertz CT molecular complexity index is 714. The van der Waals surface area contributed by atoms with E-state index in [9.17, 15) is 9.59 Å². The molecule has 0 unspecified atom stereocenters. The highest BCUT2D eigenvalue weighted by Crippen LogP contribution is 2.34. The Morgan fingerprint density at radius 2 is 2.00 bits per heavy atom. The summed E-state index contributed by atoms with van der Waals surface area (Å²) in [6.07, 6.45) is 4.93. The summed E-state index contributed by atoms with van der Waals surface area (Å²) in [5.41, 5.74) is 13.6. The van der Waals surface area contributed by atoms with Gasteiger partial charge in [-0.3, -0.25) is 9.59 Å². The lowest BCUT2D eigenvalue weighted by molar-refractivity contribution is -0.117. The number of fused-ring (bicyclic) bond motifs is 1. The van der Waals surface area contributed by atoms with E-state index in [4.69, 9.17) is 11.5 Å². The van der Waals surface area contributed by atoms with E-state index in [1.807, 2.05) is 18.2 Å². The molecule has 3 rings (SSSR count). The number of benzene rings is 1. The van der Waals surface area contributed by atoms with Crippen LogP contribution < -0.4 is 11.5 Å². The summed E-state index contributed by atoms with van der Waals surface area (Å²) in [5, 5.41) is 0.758. The van der Waals surface area contributed by atoms with E-state index < -0.39 is 11.8 Å². The molecule has 5 nitrogen and oxygen atoms in total. The van der Waals surface area contributed by atoms with Gasteiger partial charge in [0.05, 0.1) is 12.0 Å². The number of primary amides is 2. The normalized spacial score (nSPS) is 14.5. The Morgan fingerprint density at radius 1 is 1.24 bits per heavy atom. The molecule has 110 valence electrons. The molecule has 5 N–H and O–H groups in total. The van der Waals surface area contributed by atoms with E-state index in [1.165, 1.54) is 24.8 Å². The standard InChI is InChI=1S/C16H19N3O2/c17-14(20)8-13-15(16(18)21)11-6-5-10(7-12(11)19-13)4-3-9-1-2-9/h5-7,9,19H,1-4,8H2,(H2,17,20)(H2,18,21). The highest BCUT2D eigenvalue weighted by atomic mass is 16.1. The summed E-state index contributed by atoms with van der Waals surface area (Å²) in [6, 6.07) is 5.96. The van der Waals surface area contributed by atoms with E-state index in [0.717, 1.165) is 23.2 Å². The highest BCUT2D eigenvalue weighted by molar-refractivity contribution is 6.08. The van der Waals surface area contributed by atoms with Gasteiger partial charge in [0.25, 0.3) is 5.91 Å². The van der Waals surface area contributed by atoms with E-state index in [0.29, 0.717) is 11.3 Å². The topological polar surface area (TPSA) is 102 Å². The number of H-pyrrole nitrogens is 1. The van der Waals surface area contributed by atoms with Crippen molar-refractivity contribution in [2.24, 2.45) is 17.4 Å². The molecular formula is C16H19N3O2. The first-order chi connectivity index (χ1) is 10.0. The maximum Gasteiger partial charge on any atom is 0.251 e. The summed E-state index contributed by atoms with van der Waals surface area (Å²) < 4.78 is 0. The second-order valence-electron chi connectivity index (χ2n) is 5.85. The maximum atomic E-state index is 11.6. The van der Waals surface area contributed by atoms with Gasteiger partial charge in [-0.25, -0.2) is 0 Å². The Kier molecular flexibility index (Phi) is 3.41. The fraction of sp³-hybridized carbons (Fsp3) is 0.375. The molecule has 0 bridgehead atoms. The van der Waals surface area contributed by atoms with Gasteiger partial charge >= 0.3 is 0 Å². The molecule has 1 aromatic heterocycles. The predicted octanol–water partition coefficient (Wildman–Crippen LogP) is 1.64. The van der Waals surface area contributed by atoms with Crippen molar-refractivity contribution in [3.63, 3.8) is 0 Å². The van der Waals surface area contributed by atoms with E-state index >= 15 is 0 Å². The number of nitrogens with two attached hydrogens (primary N) is 2. The van der Waals surface area contributed by atoms with Crippen molar-refractivity contribution in [1.29, 1.82) is 0 Å². The summed E-state index contributed by atoms with van der Waals surface area (Å²) >= 11 is 0. The molecule has 1 fully saturated rings. The summed E-state index contributed by atoms with van der Waals surface area (Å²) in [7, 11) is 0. The lowest BCUT2D eigenvalue weighted by Gasteiger charge is -2.01. The number of rotatable bonds is 6. The average molecular weight is 285 g/mol. The molecule has 2 aromatic rings. The number of hydrogen-bond acceptors (Lipinski definition) is 2. The molecule has 0 aliphatic heterocycles. The SMILES string of the molecule is NC(=O)Cc1[nH]c2cc(CCC3CC3)ccc2c1C(N)=O. The van der Waals surface area contributed by atoms with Crippen LogP contribution >= 0.6 is 0 Å². The second-order valence-corrected chi connectivity index (χ2v) is 5.85. The summed E-state index contributed by atoms with van der Waals surface area (Å²) in [4.78, 5) is 25.9.